The van der Waals surface area contributed by atoms with Gasteiger partial charge in [0.2, 0.25) is 5.75 Å². The molecule has 0 fully saturated rings. The molecule has 35 heavy (non-hydrogen) atoms. The molecule has 3 aromatic carbocycles. The summed E-state index contributed by atoms with van der Waals surface area (Å²) in [5.41, 5.74) is -1.21. The monoisotopic (exact) mass is 539 g/mol. The van der Waals surface area contributed by atoms with Gasteiger partial charge >= 0.3 is 11.4 Å². The molecule has 0 aliphatic rings. The SMILES string of the molecule is O=c1[nH]c2ccccc2c(=O)n1N=Cc1cc(Br)cc([N+](=O)[O-])c1OCc1cccc([N+](=O)[O-])c1. The Morgan fingerprint density at radius 2 is 1.80 bits per heavy atom. The van der Waals surface area contributed by atoms with E-state index in [0.29, 0.717) is 20.2 Å². The third-order valence-corrected chi connectivity index (χ3v) is 5.32. The molecule has 0 aliphatic carbocycles. The maximum atomic E-state index is 12.7. The van der Waals surface area contributed by atoms with Gasteiger partial charge in [0.15, 0.2) is 0 Å². The zero-order chi connectivity index (χ0) is 25.1. The molecule has 0 amide bonds. The summed E-state index contributed by atoms with van der Waals surface area (Å²) in [6.07, 6.45) is 1.09. The first kappa shape index (κ1) is 23.5. The van der Waals surface area contributed by atoms with Gasteiger partial charge in [-0.05, 0) is 23.8 Å². The number of rotatable bonds is 7. The van der Waals surface area contributed by atoms with Crippen LogP contribution in [0.1, 0.15) is 11.1 Å². The second-order valence-corrected chi connectivity index (χ2v) is 8.07. The summed E-state index contributed by atoms with van der Waals surface area (Å²) < 4.78 is 6.60. The van der Waals surface area contributed by atoms with Crippen molar-refractivity contribution in [1.82, 2.24) is 9.66 Å². The average Bonchev–Trinajstić information content (AvgIpc) is 2.83. The number of nitro groups is 2. The second-order valence-electron chi connectivity index (χ2n) is 7.15. The van der Waals surface area contributed by atoms with Gasteiger partial charge in [-0.1, -0.05) is 40.2 Å². The van der Waals surface area contributed by atoms with Crippen LogP contribution in [0.15, 0.2) is 79.8 Å². The van der Waals surface area contributed by atoms with Crippen LogP contribution in [0.3, 0.4) is 0 Å². The molecule has 1 aromatic heterocycles. The maximum absolute atomic E-state index is 12.7. The van der Waals surface area contributed by atoms with E-state index >= 15 is 0 Å². The van der Waals surface area contributed by atoms with Gasteiger partial charge in [0.05, 0.1) is 27.0 Å². The molecule has 12 nitrogen and oxygen atoms in total. The minimum absolute atomic E-state index is 0.0935. The van der Waals surface area contributed by atoms with Crippen LogP contribution in [0, 0.1) is 20.2 Å². The molecule has 1 N–H and O–H groups in total. The molecule has 4 rings (SSSR count). The van der Waals surface area contributed by atoms with Crippen molar-refractivity contribution in [3.8, 4) is 5.75 Å². The minimum atomic E-state index is -0.798. The summed E-state index contributed by atoms with van der Waals surface area (Å²) in [7, 11) is 0. The lowest BCUT2D eigenvalue weighted by Crippen LogP contribution is -2.32. The highest BCUT2D eigenvalue weighted by molar-refractivity contribution is 9.10. The average molecular weight is 540 g/mol. The van der Waals surface area contributed by atoms with Crippen LogP contribution >= 0.6 is 15.9 Å². The number of para-hydroxylation sites is 1. The largest absolute Gasteiger partial charge is 0.481 e. The molecule has 0 saturated heterocycles. The van der Waals surface area contributed by atoms with E-state index in [1.807, 2.05) is 0 Å². The third kappa shape index (κ3) is 4.99. The van der Waals surface area contributed by atoms with Crippen molar-refractivity contribution in [3.05, 3.63) is 117 Å². The molecular formula is C22H14BrN5O7. The van der Waals surface area contributed by atoms with Gasteiger partial charge in [-0.3, -0.25) is 25.0 Å². The van der Waals surface area contributed by atoms with E-state index in [9.17, 15) is 29.8 Å². The summed E-state index contributed by atoms with van der Waals surface area (Å²) in [6.45, 7) is -0.221. The zero-order valence-electron chi connectivity index (χ0n) is 17.6. The predicted octanol–water partition coefficient (Wildman–Crippen LogP) is 3.73. The Morgan fingerprint density at radius 1 is 1.03 bits per heavy atom. The Balaban J connectivity index is 1.76. The lowest BCUT2D eigenvalue weighted by atomic mass is 10.1. The van der Waals surface area contributed by atoms with Gasteiger partial charge < -0.3 is 9.72 Å². The van der Waals surface area contributed by atoms with Crippen LogP contribution in [0.4, 0.5) is 11.4 Å². The number of fused-ring (bicyclic) bond motifs is 1. The first-order valence-electron chi connectivity index (χ1n) is 9.87. The van der Waals surface area contributed by atoms with Crippen molar-refractivity contribution in [3.63, 3.8) is 0 Å². The molecule has 0 atom stereocenters. The van der Waals surface area contributed by atoms with Crippen molar-refractivity contribution in [2.75, 3.05) is 0 Å². The molecule has 0 unspecified atom stereocenters. The predicted molar refractivity (Wildman–Crippen MR) is 130 cm³/mol. The second kappa shape index (κ2) is 9.69. The number of ether oxygens (including phenoxy) is 1. The topological polar surface area (TPSA) is 163 Å². The number of hydrogen-bond acceptors (Lipinski definition) is 8. The van der Waals surface area contributed by atoms with Gasteiger partial charge in [0, 0.05) is 28.2 Å². The number of aromatic nitrogens is 2. The fraction of sp³-hybridized carbons (Fsp3) is 0.0455. The van der Waals surface area contributed by atoms with Crippen LogP contribution in [-0.2, 0) is 6.61 Å². The minimum Gasteiger partial charge on any atom is -0.481 e. The maximum Gasteiger partial charge on any atom is 0.349 e. The summed E-state index contributed by atoms with van der Waals surface area (Å²) in [5, 5.41) is 26.9. The van der Waals surface area contributed by atoms with E-state index in [0.717, 1.165) is 6.21 Å². The molecule has 0 spiro atoms. The Hall–Kier alpha value is -4.65. The molecule has 1 heterocycles. The standard InChI is InChI=1S/C22H14BrN5O7/c23-15-9-14(11-24-26-21(29)17-6-1-2-7-18(17)25-22(26)30)20(19(10-15)28(33)34)35-12-13-4-3-5-16(8-13)27(31)32/h1-11H,12H2,(H,25,30). The lowest BCUT2D eigenvalue weighted by Gasteiger charge is -2.10. The molecule has 0 aliphatic heterocycles. The van der Waals surface area contributed by atoms with Crippen LogP contribution in [0.2, 0.25) is 0 Å². The normalized spacial score (nSPS) is 11.1. The summed E-state index contributed by atoms with van der Waals surface area (Å²) in [5.74, 6) is -0.196. The molecule has 0 bridgehead atoms. The van der Waals surface area contributed by atoms with Crippen LogP contribution in [-0.4, -0.2) is 25.7 Å². The van der Waals surface area contributed by atoms with E-state index in [-0.39, 0.29) is 29.0 Å². The molecule has 176 valence electrons. The highest BCUT2D eigenvalue weighted by atomic mass is 79.9. The van der Waals surface area contributed by atoms with E-state index < -0.39 is 26.8 Å². The molecule has 0 saturated carbocycles. The molecule has 0 radical (unpaired) electrons. The number of H-pyrrole nitrogens is 1. The highest BCUT2D eigenvalue weighted by Gasteiger charge is 2.21. The quantitative estimate of drug-likeness (QED) is 0.212. The van der Waals surface area contributed by atoms with Crippen molar-refractivity contribution < 1.29 is 14.6 Å². The van der Waals surface area contributed by atoms with E-state index in [2.05, 4.69) is 26.0 Å². The van der Waals surface area contributed by atoms with Crippen LogP contribution < -0.4 is 16.0 Å². The van der Waals surface area contributed by atoms with E-state index in [1.165, 1.54) is 36.4 Å². The van der Waals surface area contributed by atoms with Crippen LogP contribution in [0.25, 0.3) is 10.9 Å². The number of nitro benzene ring substituents is 2. The first-order chi connectivity index (χ1) is 16.7. The molecule has 4 aromatic rings. The van der Waals surface area contributed by atoms with E-state index in [4.69, 9.17) is 4.74 Å². The van der Waals surface area contributed by atoms with Gasteiger partial charge in [-0.2, -0.15) is 5.10 Å². The highest BCUT2D eigenvalue weighted by Crippen LogP contribution is 2.34. The summed E-state index contributed by atoms with van der Waals surface area (Å²) in [6, 6.07) is 14.7. The zero-order valence-corrected chi connectivity index (χ0v) is 19.2. The number of halogens is 1. The van der Waals surface area contributed by atoms with Crippen molar-refractivity contribution in [1.29, 1.82) is 0 Å². The van der Waals surface area contributed by atoms with Gasteiger partial charge in [-0.15, -0.1) is 4.68 Å². The van der Waals surface area contributed by atoms with Gasteiger partial charge in [-0.25, -0.2) is 4.79 Å². The Kier molecular flexibility index (Phi) is 6.51. The number of aromatic amines is 1. The lowest BCUT2D eigenvalue weighted by molar-refractivity contribution is -0.386. The van der Waals surface area contributed by atoms with Crippen molar-refractivity contribution >= 4 is 44.4 Å². The number of non-ortho nitro benzene ring substituents is 1. The van der Waals surface area contributed by atoms with Gasteiger partial charge in [0.1, 0.15) is 6.61 Å². The first-order valence-corrected chi connectivity index (χ1v) is 10.7. The van der Waals surface area contributed by atoms with Crippen molar-refractivity contribution in [2.45, 2.75) is 6.61 Å². The smallest absolute Gasteiger partial charge is 0.349 e. The number of nitrogens with zero attached hydrogens (tertiary/aromatic N) is 4. The Morgan fingerprint density at radius 3 is 2.54 bits per heavy atom. The fourth-order valence-corrected chi connectivity index (χ4v) is 3.75. The fourth-order valence-electron chi connectivity index (χ4n) is 3.28. The van der Waals surface area contributed by atoms with Gasteiger partial charge in [0.25, 0.3) is 11.2 Å². The van der Waals surface area contributed by atoms with Crippen LogP contribution in [0.5, 0.6) is 5.75 Å². The molecular weight excluding hydrogens is 526 g/mol. The third-order valence-electron chi connectivity index (χ3n) is 4.86. The number of nitrogens with one attached hydrogen (secondary N) is 1. The summed E-state index contributed by atoms with van der Waals surface area (Å²) in [4.78, 5) is 49.1. The molecule has 13 heteroatoms. The number of hydrogen-bond donors (Lipinski definition) is 1. The summed E-state index contributed by atoms with van der Waals surface area (Å²) >= 11 is 3.19. The van der Waals surface area contributed by atoms with E-state index in [1.54, 1.807) is 24.3 Å². The van der Waals surface area contributed by atoms with Crippen molar-refractivity contribution in [2.24, 2.45) is 5.10 Å². The Bertz CT molecular complexity index is 1630. The Labute approximate surface area is 203 Å². The number of benzene rings is 3.